The van der Waals surface area contributed by atoms with Gasteiger partial charge in [0.25, 0.3) is 5.91 Å². The Morgan fingerprint density at radius 3 is 2.80 bits per heavy atom. The van der Waals surface area contributed by atoms with Crippen LogP contribution < -0.4 is 10.6 Å². The zero-order valence-corrected chi connectivity index (χ0v) is 17.1. The summed E-state index contributed by atoms with van der Waals surface area (Å²) in [7, 11) is 1.63. The number of carbonyl (C=O) groups is 3. The van der Waals surface area contributed by atoms with Gasteiger partial charge in [-0.05, 0) is 31.5 Å². The van der Waals surface area contributed by atoms with Crippen molar-refractivity contribution in [1.29, 1.82) is 0 Å². The van der Waals surface area contributed by atoms with E-state index in [2.05, 4.69) is 10.6 Å². The molecule has 2 aromatic rings. The molecule has 2 atom stereocenters. The van der Waals surface area contributed by atoms with Gasteiger partial charge in [-0.3, -0.25) is 14.5 Å². The number of aryl methyl sites for hydroxylation is 1. The van der Waals surface area contributed by atoms with Crippen molar-refractivity contribution in [3.63, 3.8) is 0 Å². The molecule has 0 radical (unpaired) electrons. The first-order chi connectivity index (χ1) is 14.4. The average Bonchev–Trinajstić information content (AvgIpc) is 3.36. The Kier molecular flexibility index (Phi) is 5.07. The van der Waals surface area contributed by atoms with Crippen molar-refractivity contribution in [2.24, 2.45) is 0 Å². The SMILES string of the molecule is Cc1cccc([C@@H]2NC(=O)N(C)C3=C2C(=O)N([C@@H](C)C(=O)NCc2ccco2)C3)c1. The molecule has 1 aromatic heterocycles. The smallest absolute Gasteiger partial charge is 0.322 e. The number of likely N-dealkylation sites (N-methyl/N-ethyl adjacent to an activating group) is 1. The number of hydrogen-bond acceptors (Lipinski definition) is 4. The third kappa shape index (κ3) is 3.45. The predicted molar refractivity (Wildman–Crippen MR) is 109 cm³/mol. The molecule has 0 aliphatic carbocycles. The van der Waals surface area contributed by atoms with E-state index in [4.69, 9.17) is 4.42 Å². The topological polar surface area (TPSA) is 94.9 Å². The summed E-state index contributed by atoms with van der Waals surface area (Å²) < 4.78 is 5.23. The van der Waals surface area contributed by atoms with Gasteiger partial charge in [0.2, 0.25) is 5.91 Å². The maximum Gasteiger partial charge on any atom is 0.322 e. The summed E-state index contributed by atoms with van der Waals surface area (Å²) in [4.78, 5) is 41.5. The van der Waals surface area contributed by atoms with Crippen molar-refractivity contribution in [3.8, 4) is 0 Å². The molecule has 30 heavy (non-hydrogen) atoms. The van der Waals surface area contributed by atoms with E-state index in [0.717, 1.165) is 11.1 Å². The Balaban J connectivity index is 1.56. The van der Waals surface area contributed by atoms with Crippen LogP contribution in [0.5, 0.6) is 0 Å². The summed E-state index contributed by atoms with van der Waals surface area (Å²) in [5.74, 6) is 0.104. The highest BCUT2D eigenvalue weighted by Crippen LogP contribution is 2.36. The monoisotopic (exact) mass is 408 g/mol. The number of nitrogens with one attached hydrogen (secondary N) is 2. The van der Waals surface area contributed by atoms with Crippen LogP contribution in [0.15, 0.2) is 58.3 Å². The second-order valence-electron chi connectivity index (χ2n) is 7.62. The van der Waals surface area contributed by atoms with Crippen molar-refractivity contribution in [1.82, 2.24) is 20.4 Å². The minimum Gasteiger partial charge on any atom is -0.467 e. The summed E-state index contributed by atoms with van der Waals surface area (Å²) >= 11 is 0. The molecule has 0 unspecified atom stereocenters. The van der Waals surface area contributed by atoms with Gasteiger partial charge in [-0.2, -0.15) is 0 Å². The fourth-order valence-electron chi connectivity index (χ4n) is 3.88. The normalized spacial score (nSPS) is 19.6. The summed E-state index contributed by atoms with van der Waals surface area (Å²) in [6.45, 7) is 4.10. The molecular formula is C22H24N4O4. The molecule has 0 bridgehead atoms. The molecular weight excluding hydrogens is 384 g/mol. The van der Waals surface area contributed by atoms with Crippen molar-refractivity contribution < 1.29 is 18.8 Å². The van der Waals surface area contributed by atoms with Gasteiger partial charge in [0.1, 0.15) is 11.8 Å². The highest BCUT2D eigenvalue weighted by atomic mass is 16.3. The highest BCUT2D eigenvalue weighted by Gasteiger charge is 2.45. The Morgan fingerprint density at radius 1 is 1.30 bits per heavy atom. The van der Waals surface area contributed by atoms with Crippen LogP contribution >= 0.6 is 0 Å². The number of nitrogens with zero attached hydrogens (tertiary/aromatic N) is 2. The first kappa shape index (κ1) is 19.8. The lowest BCUT2D eigenvalue weighted by Crippen LogP contribution is -2.46. The average molecular weight is 408 g/mol. The van der Waals surface area contributed by atoms with E-state index >= 15 is 0 Å². The molecule has 0 saturated carbocycles. The molecule has 3 heterocycles. The molecule has 0 fully saturated rings. The van der Waals surface area contributed by atoms with Crippen LogP contribution in [-0.2, 0) is 16.1 Å². The maximum atomic E-state index is 13.3. The minimum atomic E-state index is -0.695. The lowest BCUT2D eigenvalue weighted by molar-refractivity contribution is -0.135. The van der Waals surface area contributed by atoms with Gasteiger partial charge in [0, 0.05) is 7.05 Å². The highest BCUT2D eigenvalue weighted by molar-refractivity contribution is 6.03. The third-order valence-electron chi connectivity index (χ3n) is 5.63. The number of amides is 4. The van der Waals surface area contributed by atoms with Gasteiger partial charge in [-0.1, -0.05) is 29.8 Å². The summed E-state index contributed by atoms with van der Waals surface area (Å²) in [6, 6.07) is 9.72. The molecule has 4 amide bonds. The fraction of sp³-hybridized carbons (Fsp3) is 0.318. The van der Waals surface area contributed by atoms with E-state index in [-0.39, 0.29) is 30.9 Å². The van der Waals surface area contributed by atoms with E-state index in [1.165, 1.54) is 16.1 Å². The number of benzene rings is 1. The van der Waals surface area contributed by atoms with E-state index < -0.39 is 12.1 Å². The van der Waals surface area contributed by atoms with E-state index in [0.29, 0.717) is 17.0 Å². The van der Waals surface area contributed by atoms with Gasteiger partial charge in [0.15, 0.2) is 0 Å². The Labute approximate surface area is 174 Å². The lowest BCUT2D eigenvalue weighted by atomic mass is 9.94. The van der Waals surface area contributed by atoms with Gasteiger partial charge in [-0.25, -0.2) is 4.79 Å². The zero-order valence-electron chi connectivity index (χ0n) is 17.1. The fourth-order valence-corrected chi connectivity index (χ4v) is 3.88. The van der Waals surface area contributed by atoms with Gasteiger partial charge in [-0.15, -0.1) is 0 Å². The first-order valence-electron chi connectivity index (χ1n) is 9.81. The molecule has 0 spiro atoms. The minimum absolute atomic E-state index is 0.204. The zero-order chi connectivity index (χ0) is 21.4. The van der Waals surface area contributed by atoms with Crippen LogP contribution in [0, 0.1) is 6.92 Å². The molecule has 8 nitrogen and oxygen atoms in total. The predicted octanol–water partition coefficient (Wildman–Crippen LogP) is 2.09. The summed E-state index contributed by atoms with van der Waals surface area (Å²) in [6.07, 6.45) is 1.54. The molecule has 2 aliphatic rings. The summed E-state index contributed by atoms with van der Waals surface area (Å²) in [5.41, 5.74) is 3.01. The largest absolute Gasteiger partial charge is 0.467 e. The van der Waals surface area contributed by atoms with Crippen molar-refractivity contribution in [2.75, 3.05) is 13.6 Å². The van der Waals surface area contributed by atoms with Crippen molar-refractivity contribution >= 4 is 17.8 Å². The van der Waals surface area contributed by atoms with Gasteiger partial charge in [0.05, 0.1) is 36.7 Å². The standard InChI is InChI=1S/C22H24N4O4/c1-13-6-4-7-15(10-13)19-18-17(25(3)22(29)24-19)12-26(21(18)28)14(2)20(27)23-11-16-8-5-9-30-16/h4-10,14,19H,11-12H2,1-3H3,(H,23,27)(H,24,29)/t14-,19-/m0/s1. The summed E-state index contributed by atoms with van der Waals surface area (Å²) in [5, 5.41) is 5.71. The number of carbonyl (C=O) groups excluding carboxylic acids is 3. The van der Waals surface area contributed by atoms with Crippen LogP contribution in [0.2, 0.25) is 0 Å². The molecule has 156 valence electrons. The van der Waals surface area contributed by atoms with Gasteiger partial charge < -0.3 is 20.0 Å². The Bertz CT molecular complexity index is 1030. The van der Waals surface area contributed by atoms with Crippen LogP contribution in [0.3, 0.4) is 0 Å². The molecule has 1 aromatic carbocycles. The van der Waals surface area contributed by atoms with Crippen LogP contribution in [0.25, 0.3) is 0 Å². The van der Waals surface area contributed by atoms with Crippen LogP contribution in [0.4, 0.5) is 4.79 Å². The molecule has 0 saturated heterocycles. The number of urea groups is 1. The maximum absolute atomic E-state index is 13.3. The molecule has 8 heteroatoms. The van der Waals surface area contributed by atoms with E-state index in [1.54, 1.807) is 26.1 Å². The van der Waals surface area contributed by atoms with Crippen molar-refractivity contribution in [2.45, 2.75) is 32.5 Å². The quantitative estimate of drug-likeness (QED) is 0.792. The second-order valence-corrected chi connectivity index (χ2v) is 7.62. The van der Waals surface area contributed by atoms with Crippen molar-refractivity contribution in [3.05, 3.63) is 70.8 Å². The number of rotatable bonds is 5. The van der Waals surface area contributed by atoms with E-state index in [1.807, 2.05) is 31.2 Å². The molecule has 2 aliphatic heterocycles. The third-order valence-corrected chi connectivity index (χ3v) is 5.63. The first-order valence-corrected chi connectivity index (χ1v) is 9.81. The molecule has 4 rings (SSSR count). The Morgan fingerprint density at radius 2 is 2.10 bits per heavy atom. The number of hydrogen-bond donors (Lipinski definition) is 2. The second kappa shape index (κ2) is 7.70. The molecule has 2 N–H and O–H groups in total. The van der Waals surface area contributed by atoms with Crippen LogP contribution in [0.1, 0.15) is 29.9 Å². The van der Waals surface area contributed by atoms with E-state index in [9.17, 15) is 14.4 Å². The van der Waals surface area contributed by atoms with Crippen LogP contribution in [-0.4, -0.2) is 47.3 Å². The lowest BCUT2D eigenvalue weighted by Gasteiger charge is -2.31. The Hall–Kier alpha value is -3.55. The van der Waals surface area contributed by atoms with Gasteiger partial charge >= 0.3 is 6.03 Å². The number of furan rings is 1.